The molecule has 1 aromatic heterocycles. The third-order valence-electron chi connectivity index (χ3n) is 4.77. The summed E-state index contributed by atoms with van der Waals surface area (Å²) in [5, 5.41) is 6.68. The number of carbonyl (C=O) groups excluding carboxylic acids is 1. The Labute approximate surface area is 155 Å². The number of carbonyl (C=O) groups is 1. The molecule has 1 heterocycles. The van der Waals surface area contributed by atoms with Crippen molar-refractivity contribution >= 4 is 11.6 Å². The monoisotopic (exact) mass is 381 g/mol. The number of nitrogens with zero attached hydrogens (tertiary/aromatic N) is 2. The van der Waals surface area contributed by atoms with E-state index in [-0.39, 0.29) is 24.3 Å². The minimum absolute atomic E-state index is 0.0518. The summed E-state index contributed by atoms with van der Waals surface area (Å²) in [6.45, 7) is 2.07. The SMILES string of the molecule is C[C@@H]1CCCC[C@H]1OCC(=O)Nc1cnn(-c2cccc(C(F)(F)F)c2)c1. The summed E-state index contributed by atoms with van der Waals surface area (Å²) >= 11 is 0. The Balaban J connectivity index is 1.58. The fourth-order valence-corrected chi connectivity index (χ4v) is 3.26. The zero-order valence-corrected chi connectivity index (χ0v) is 15.0. The number of aromatic nitrogens is 2. The van der Waals surface area contributed by atoms with Crippen molar-refractivity contribution in [3.8, 4) is 5.69 Å². The van der Waals surface area contributed by atoms with Gasteiger partial charge in [-0.25, -0.2) is 4.68 Å². The quantitative estimate of drug-likeness (QED) is 0.834. The second-order valence-electron chi connectivity index (χ2n) is 6.88. The molecule has 0 unspecified atom stereocenters. The number of anilines is 1. The number of rotatable bonds is 5. The molecule has 1 aliphatic rings. The van der Waals surface area contributed by atoms with E-state index in [0.29, 0.717) is 11.6 Å². The molecule has 1 fully saturated rings. The van der Waals surface area contributed by atoms with Crippen molar-refractivity contribution in [3.63, 3.8) is 0 Å². The number of hydrogen-bond donors (Lipinski definition) is 1. The Kier molecular flexibility index (Phi) is 5.84. The Hall–Kier alpha value is -2.35. The second-order valence-corrected chi connectivity index (χ2v) is 6.88. The molecular formula is C19H22F3N3O2. The number of nitrogens with one attached hydrogen (secondary N) is 1. The number of amides is 1. The molecule has 8 heteroatoms. The number of hydrogen-bond acceptors (Lipinski definition) is 3. The minimum Gasteiger partial charge on any atom is -0.368 e. The van der Waals surface area contributed by atoms with Crippen LogP contribution in [0, 0.1) is 5.92 Å². The van der Waals surface area contributed by atoms with Crippen LogP contribution in [0.15, 0.2) is 36.7 Å². The van der Waals surface area contributed by atoms with E-state index in [1.807, 2.05) is 0 Å². The van der Waals surface area contributed by atoms with Crippen molar-refractivity contribution in [1.29, 1.82) is 0 Å². The van der Waals surface area contributed by atoms with Crippen molar-refractivity contribution in [2.75, 3.05) is 11.9 Å². The molecule has 0 bridgehead atoms. The van der Waals surface area contributed by atoms with Gasteiger partial charge in [0.25, 0.3) is 0 Å². The smallest absolute Gasteiger partial charge is 0.368 e. The molecule has 5 nitrogen and oxygen atoms in total. The first-order valence-electron chi connectivity index (χ1n) is 8.96. The topological polar surface area (TPSA) is 56.1 Å². The molecule has 1 N–H and O–H groups in total. The van der Waals surface area contributed by atoms with Gasteiger partial charge in [0.1, 0.15) is 6.61 Å². The third kappa shape index (κ3) is 5.09. The maximum Gasteiger partial charge on any atom is 0.416 e. The summed E-state index contributed by atoms with van der Waals surface area (Å²) in [5.41, 5.74) is -0.0913. The molecule has 2 atom stereocenters. The van der Waals surface area contributed by atoms with Gasteiger partial charge in [0.05, 0.1) is 35.4 Å². The Morgan fingerprint density at radius 3 is 2.85 bits per heavy atom. The summed E-state index contributed by atoms with van der Waals surface area (Å²) in [5.74, 6) is 0.131. The summed E-state index contributed by atoms with van der Waals surface area (Å²) in [7, 11) is 0. The van der Waals surface area contributed by atoms with Gasteiger partial charge in [-0.2, -0.15) is 18.3 Å². The molecule has 1 aromatic carbocycles. The van der Waals surface area contributed by atoms with Crippen LogP contribution < -0.4 is 5.32 Å². The molecule has 146 valence electrons. The van der Waals surface area contributed by atoms with Gasteiger partial charge in [0.15, 0.2) is 0 Å². The summed E-state index contributed by atoms with van der Waals surface area (Å²) < 4.78 is 45.5. The maximum absolute atomic E-state index is 12.8. The van der Waals surface area contributed by atoms with E-state index in [2.05, 4.69) is 17.3 Å². The lowest BCUT2D eigenvalue weighted by molar-refractivity contribution is -0.137. The van der Waals surface area contributed by atoms with E-state index in [0.717, 1.165) is 31.4 Å². The highest BCUT2D eigenvalue weighted by atomic mass is 19.4. The molecule has 0 aliphatic heterocycles. The normalized spacial score (nSPS) is 20.4. The molecular weight excluding hydrogens is 359 g/mol. The minimum atomic E-state index is -4.42. The Morgan fingerprint density at radius 2 is 2.11 bits per heavy atom. The molecule has 1 amide bonds. The van der Waals surface area contributed by atoms with Crippen LogP contribution in [0.2, 0.25) is 0 Å². The van der Waals surface area contributed by atoms with E-state index < -0.39 is 11.7 Å². The van der Waals surface area contributed by atoms with Crippen molar-refractivity contribution in [2.24, 2.45) is 5.92 Å². The van der Waals surface area contributed by atoms with Crippen molar-refractivity contribution in [1.82, 2.24) is 9.78 Å². The highest BCUT2D eigenvalue weighted by Gasteiger charge is 2.30. The highest BCUT2D eigenvalue weighted by Crippen LogP contribution is 2.30. The predicted molar refractivity (Wildman–Crippen MR) is 94.6 cm³/mol. The van der Waals surface area contributed by atoms with Crippen molar-refractivity contribution in [2.45, 2.75) is 44.9 Å². The molecule has 0 spiro atoms. The van der Waals surface area contributed by atoms with Gasteiger partial charge < -0.3 is 10.1 Å². The summed E-state index contributed by atoms with van der Waals surface area (Å²) in [6, 6.07) is 4.84. The zero-order valence-electron chi connectivity index (χ0n) is 15.0. The lowest BCUT2D eigenvalue weighted by Crippen LogP contribution is -2.29. The van der Waals surface area contributed by atoms with Gasteiger partial charge >= 0.3 is 6.18 Å². The van der Waals surface area contributed by atoms with E-state index in [1.54, 1.807) is 0 Å². The lowest BCUT2D eigenvalue weighted by Gasteiger charge is -2.28. The molecule has 1 saturated carbocycles. The maximum atomic E-state index is 12.8. The van der Waals surface area contributed by atoms with Crippen LogP contribution in [0.25, 0.3) is 5.69 Å². The van der Waals surface area contributed by atoms with Gasteiger partial charge in [-0.15, -0.1) is 0 Å². The fourth-order valence-electron chi connectivity index (χ4n) is 3.26. The van der Waals surface area contributed by atoms with Crippen LogP contribution >= 0.6 is 0 Å². The van der Waals surface area contributed by atoms with Crippen LogP contribution in [0.1, 0.15) is 38.2 Å². The Bertz CT molecular complexity index is 789. The Morgan fingerprint density at radius 1 is 1.33 bits per heavy atom. The van der Waals surface area contributed by atoms with Gasteiger partial charge in [-0.1, -0.05) is 25.8 Å². The zero-order chi connectivity index (χ0) is 19.4. The van der Waals surface area contributed by atoms with E-state index >= 15 is 0 Å². The first-order chi connectivity index (χ1) is 12.8. The molecule has 0 radical (unpaired) electrons. The predicted octanol–water partition coefficient (Wildman–Crippen LogP) is 4.42. The van der Waals surface area contributed by atoms with Gasteiger partial charge in [0.2, 0.25) is 5.91 Å². The van der Waals surface area contributed by atoms with Gasteiger partial charge in [0, 0.05) is 0 Å². The molecule has 27 heavy (non-hydrogen) atoms. The highest BCUT2D eigenvalue weighted by molar-refractivity contribution is 5.91. The van der Waals surface area contributed by atoms with Crippen LogP contribution in [-0.4, -0.2) is 28.4 Å². The number of halogens is 3. The van der Waals surface area contributed by atoms with Crippen molar-refractivity contribution in [3.05, 3.63) is 42.2 Å². The second kappa shape index (κ2) is 8.12. The molecule has 0 saturated heterocycles. The summed E-state index contributed by atoms with van der Waals surface area (Å²) in [6.07, 6.45) is 2.91. The average molecular weight is 381 g/mol. The van der Waals surface area contributed by atoms with Crippen LogP contribution in [0.4, 0.5) is 18.9 Å². The van der Waals surface area contributed by atoms with Gasteiger partial charge in [-0.05, 0) is 37.0 Å². The third-order valence-corrected chi connectivity index (χ3v) is 4.77. The largest absolute Gasteiger partial charge is 0.416 e. The lowest BCUT2D eigenvalue weighted by atomic mass is 9.88. The fraction of sp³-hybridized carbons (Fsp3) is 0.474. The van der Waals surface area contributed by atoms with E-state index in [9.17, 15) is 18.0 Å². The number of ether oxygens (including phenoxy) is 1. The van der Waals surface area contributed by atoms with Crippen molar-refractivity contribution < 1.29 is 22.7 Å². The summed E-state index contributed by atoms with van der Waals surface area (Å²) in [4.78, 5) is 12.1. The van der Waals surface area contributed by atoms with E-state index in [4.69, 9.17) is 4.74 Å². The number of alkyl halides is 3. The van der Waals surface area contributed by atoms with Gasteiger partial charge in [-0.3, -0.25) is 4.79 Å². The molecule has 1 aliphatic carbocycles. The first kappa shape index (κ1) is 19.4. The first-order valence-corrected chi connectivity index (χ1v) is 8.96. The van der Waals surface area contributed by atoms with Crippen LogP contribution in [0.3, 0.4) is 0 Å². The molecule has 3 rings (SSSR count). The van der Waals surface area contributed by atoms with E-state index in [1.165, 1.54) is 35.6 Å². The molecule has 2 aromatic rings. The standard InChI is InChI=1S/C19H22F3N3O2/c1-13-5-2-3-8-17(13)27-12-18(26)24-15-10-23-25(11-15)16-7-4-6-14(9-16)19(20,21)22/h4,6-7,9-11,13,17H,2-3,5,8,12H2,1H3,(H,24,26)/t13-,17-/m1/s1. The number of benzene rings is 1. The average Bonchev–Trinajstić information content (AvgIpc) is 3.09. The van der Waals surface area contributed by atoms with Crippen LogP contribution in [0.5, 0.6) is 0 Å². The van der Waals surface area contributed by atoms with Crippen LogP contribution in [-0.2, 0) is 15.7 Å².